The normalized spacial score (nSPS) is 14.2. The lowest BCUT2D eigenvalue weighted by Gasteiger charge is -2.23. The van der Waals surface area contributed by atoms with Gasteiger partial charge >= 0.3 is 5.97 Å². The number of aryl methyl sites for hydroxylation is 1. The number of benzene rings is 3. The van der Waals surface area contributed by atoms with Crippen molar-refractivity contribution in [1.82, 2.24) is 4.57 Å². The van der Waals surface area contributed by atoms with E-state index in [1.54, 1.807) is 25.3 Å². The van der Waals surface area contributed by atoms with Gasteiger partial charge in [-0.15, -0.1) is 0 Å². The van der Waals surface area contributed by atoms with Gasteiger partial charge in [-0.2, -0.15) is 0 Å². The number of carbonyl (C=O) groups is 1. The van der Waals surface area contributed by atoms with Crippen LogP contribution in [-0.2, 0) is 16.1 Å². The maximum atomic E-state index is 13.9. The molecule has 1 aromatic heterocycles. The first-order valence-electron chi connectivity index (χ1n) is 14.2. The first kappa shape index (κ1) is 30.6. The maximum Gasteiger partial charge on any atom is 0.337 e. The molecule has 5 rings (SSSR count). The summed E-state index contributed by atoms with van der Waals surface area (Å²) in [7, 11) is 2.88. The highest BCUT2D eigenvalue weighted by atomic mass is 32.1. The number of rotatable bonds is 11. The molecule has 228 valence electrons. The van der Waals surface area contributed by atoms with E-state index in [-0.39, 0.29) is 11.1 Å². The molecule has 2 heterocycles. The van der Waals surface area contributed by atoms with E-state index < -0.39 is 12.0 Å². The molecule has 0 amide bonds. The molecule has 0 bridgehead atoms. The van der Waals surface area contributed by atoms with Crippen LogP contribution in [0.4, 0.5) is 0 Å². The van der Waals surface area contributed by atoms with Gasteiger partial charge in [0.25, 0.3) is 5.56 Å². The second kappa shape index (κ2) is 13.6. The van der Waals surface area contributed by atoms with Crippen molar-refractivity contribution in [1.29, 1.82) is 0 Å². The predicted octanol–water partition coefficient (Wildman–Crippen LogP) is 4.71. The fraction of sp³-hybridized carbons (Fsp3) is 0.265. The number of aromatic nitrogens is 1. The summed E-state index contributed by atoms with van der Waals surface area (Å²) < 4.78 is 30.2. The standard InChI is InChI=1S/C34H34N2O7S/c1-6-41-27-15-13-24(18-29(27)42-7-2)31-25(33(38)40-5)19-35-34-36(31)32(37)30(44-34)17-23-12-14-26(28(16-23)39-4)43-20-22-10-8-21(3)9-11-22/h8-19,31H,6-7,20H2,1-5H3/b30-17-/t31-/m0/s1. The van der Waals surface area contributed by atoms with E-state index in [9.17, 15) is 9.59 Å². The number of hydrogen-bond acceptors (Lipinski definition) is 9. The van der Waals surface area contributed by atoms with Gasteiger partial charge in [-0.05, 0) is 67.8 Å². The van der Waals surface area contributed by atoms with Crippen molar-refractivity contribution in [3.8, 4) is 23.0 Å². The van der Waals surface area contributed by atoms with Crippen molar-refractivity contribution in [3.63, 3.8) is 0 Å². The van der Waals surface area contributed by atoms with Crippen molar-refractivity contribution >= 4 is 23.4 Å². The Hall–Kier alpha value is -4.83. The minimum atomic E-state index is -0.775. The molecule has 1 aliphatic rings. The summed E-state index contributed by atoms with van der Waals surface area (Å²) in [5, 5.41) is 0. The SMILES string of the molecule is CCOc1ccc([C@H]2C(C(=O)OC)=CN=c3s/c(=C\c4ccc(OCc5ccc(C)cc5)c(OC)c4)c(=O)n32)cc1OCC. The molecule has 0 unspecified atom stereocenters. The molecule has 10 heteroatoms. The Balaban J connectivity index is 1.53. The average Bonchev–Trinajstić information content (AvgIpc) is 3.35. The van der Waals surface area contributed by atoms with E-state index in [1.165, 1.54) is 34.8 Å². The van der Waals surface area contributed by atoms with E-state index in [0.29, 0.717) is 57.7 Å². The number of carbonyl (C=O) groups excluding carboxylic acids is 1. The van der Waals surface area contributed by atoms with E-state index in [4.69, 9.17) is 23.7 Å². The summed E-state index contributed by atoms with van der Waals surface area (Å²) in [6.07, 6.45) is 3.24. The van der Waals surface area contributed by atoms with Crippen LogP contribution in [-0.4, -0.2) is 38.0 Å². The number of esters is 1. The zero-order valence-corrected chi connectivity index (χ0v) is 26.1. The van der Waals surface area contributed by atoms with E-state index in [1.807, 2.05) is 69.3 Å². The second-order valence-electron chi connectivity index (χ2n) is 9.93. The molecule has 0 N–H and O–H groups in total. The Morgan fingerprint density at radius 1 is 0.909 bits per heavy atom. The lowest BCUT2D eigenvalue weighted by Crippen LogP contribution is -2.39. The third-order valence-electron chi connectivity index (χ3n) is 7.01. The number of ether oxygens (including phenoxy) is 5. The van der Waals surface area contributed by atoms with Crippen molar-refractivity contribution in [2.24, 2.45) is 4.99 Å². The monoisotopic (exact) mass is 614 g/mol. The van der Waals surface area contributed by atoms with Crippen LogP contribution in [0.2, 0.25) is 0 Å². The van der Waals surface area contributed by atoms with Crippen LogP contribution in [0.25, 0.3) is 6.08 Å². The third-order valence-corrected chi connectivity index (χ3v) is 8.01. The highest BCUT2D eigenvalue weighted by Crippen LogP contribution is 2.35. The lowest BCUT2D eigenvalue weighted by atomic mass is 9.97. The zero-order valence-electron chi connectivity index (χ0n) is 25.3. The Bertz CT molecular complexity index is 1870. The van der Waals surface area contributed by atoms with Crippen LogP contribution in [0, 0.1) is 6.92 Å². The highest BCUT2D eigenvalue weighted by Gasteiger charge is 2.31. The minimum Gasteiger partial charge on any atom is -0.493 e. The Morgan fingerprint density at radius 3 is 2.32 bits per heavy atom. The second-order valence-corrected chi connectivity index (χ2v) is 10.9. The smallest absolute Gasteiger partial charge is 0.337 e. The molecule has 1 atom stereocenters. The molecule has 0 spiro atoms. The van der Waals surface area contributed by atoms with Gasteiger partial charge < -0.3 is 23.7 Å². The Labute approximate surface area is 259 Å². The fourth-order valence-electron chi connectivity index (χ4n) is 4.88. The fourth-order valence-corrected chi connectivity index (χ4v) is 5.85. The molecule has 0 saturated carbocycles. The Kier molecular flexibility index (Phi) is 9.50. The van der Waals surface area contributed by atoms with Crippen LogP contribution in [0.15, 0.2) is 82.2 Å². The molecule has 0 aliphatic carbocycles. The van der Waals surface area contributed by atoms with Gasteiger partial charge in [0.05, 0.1) is 43.6 Å². The van der Waals surface area contributed by atoms with E-state index >= 15 is 0 Å². The third kappa shape index (κ3) is 6.40. The van der Waals surface area contributed by atoms with E-state index in [2.05, 4.69) is 4.99 Å². The molecular formula is C34H34N2O7S. The molecule has 3 aromatic carbocycles. The molecule has 44 heavy (non-hydrogen) atoms. The van der Waals surface area contributed by atoms with Crippen LogP contribution in [0.1, 0.15) is 42.1 Å². The van der Waals surface area contributed by atoms with Gasteiger partial charge in [0.15, 0.2) is 27.8 Å². The number of nitrogens with zero attached hydrogens (tertiary/aromatic N) is 2. The first-order valence-corrected chi connectivity index (χ1v) is 15.0. The molecule has 9 nitrogen and oxygen atoms in total. The molecule has 0 radical (unpaired) electrons. The quantitative estimate of drug-likeness (QED) is 0.226. The van der Waals surface area contributed by atoms with Crippen molar-refractivity contribution in [2.45, 2.75) is 33.4 Å². The molecule has 0 fully saturated rings. The maximum absolute atomic E-state index is 13.9. The predicted molar refractivity (Wildman–Crippen MR) is 168 cm³/mol. The lowest BCUT2D eigenvalue weighted by molar-refractivity contribution is -0.136. The van der Waals surface area contributed by atoms with Crippen molar-refractivity contribution in [2.75, 3.05) is 27.4 Å². The number of fused-ring (bicyclic) bond motifs is 1. The number of methoxy groups -OCH3 is 2. The summed E-state index contributed by atoms with van der Waals surface area (Å²) in [5.41, 5.74) is 3.58. The topological polar surface area (TPSA) is 97.6 Å². The van der Waals surface area contributed by atoms with Crippen molar-refractivity contribution in [3.05, 3.63) is 114 Å². The number of thiazole rings is 1. The minimum absolute atomic E-state index is 0.231. The average molecular weight is 615 g/mol. The van der Waals surface area contributed by atoms with Crippen molar-refractivity contribution < 1.29 is 28.5 Å². The summed E-state index contributed by atoms with van der Waals surface area (Å²) in [6, 6.07) is 18.3. The molecular weight excluding hydrogens is 580 g/mol. The highest BCUT2D eigenvalue weighted by molar-refractivity contribution is 7.07. The summed E-state index contributed by atoms with van der Waals surface area (Å²) in [6.45, 7) is 7.09. The molecule has 1 aliphatic heterocycles. The van der Waals surface area contributed by atoms with Crippen LogP contribution < -0.4 is 33.8 Å². The van der Waals surface area contributed by atoms with Crippen LogP contribution in [0.5, 0.6) is 23.0 Å². The van der Waals surface area contributed by atoms with Gasteiger partial charge in [0, 0.05) is 6.20 Å². The van der Waals surface area contributed by atoms with Gasteiger partial charge in [0.2, 0.25) is 0 Å². The summed E-state index contributed by atoms with van der Waals surface area (Å²) in [4.78, 5) is 31.7. The summed E-state index contributed by atoms with van der Waals surface area (Å²) in [5.74, 6) is 1.66. The molecule has 0 saturated heterocycles. The van der Waals surface area contributed by atoms with Gasteiger partial charge in [-0.25, -0.2) is 9.79 Å². The summed E-state index contributed by atoms with van der Waals surface area (Å²) >= 11 is 1.23. The van der Waals surface area contributed by atoms with Crippen LogP contribution >= 0.6 is 11.3 Å². The van der Waals surface area contributed by atoms with Gasteiger partial charge in [-0.3, -0.25) is 9.36 Å². The first-order chi connectivity index (χ1) is 21.4. The Morgan fingerprint density at radius 2 is 1.61 bits per heavy atom. The molecule has 4 aromatic rings. The largest absolute Gasteiger partial charge is 0.493 e. The van der Waals surface area contributed by atoms with Crippen LogP contribution in [0.3, 0.4) is 0 Å². The van der Waals surface area contributed by atoms with E-state index in [0.717, 1.165) is 11.1 Å². The van der Waals surface area contributed by atoms with Gasteiger partial charge in [0.1, 0.15) is 6.61 Å². The zero-order chi connectivity index (χ0) is 31.2. The van der Waals surface area contributed by atoms with Gasteiger partial charge in [-0.1, -0.05) is 53.3 Å². The number of hydrogen-bond donors (Lipinski definition) is 0.